The summed E-state index contributed by atoms with van der Waals surface area (Å²) in [6.45, 7) is 16.7. The molecule has 8 saturated carbocycles. The summed E-state index contributed by atoms with van der Waals surface area (Å²) < 4.78 is 109. The van der Waals surface area contributed by atoms with Crippen LogP contribution >= 0.6 is 0 Å². The molecule has 145 heavy (non-hydrogen) atoms. The van der Waals surface area contributed by atoms with E-state index in [-0.39, 0.29) is 179 Å². The van der Waals surface area contributed by atoms with E-state index in [1.54, 1.807) is 69.8 Å². The molecule has 0 unspecified atom stereocenters. The van der Waals surface area contributed by atoms with Crippen molar-refractivity contribution in [2.45, 2.75) is 212 Å². The Morgan fingerprint density at radius 1 is 0.379 bits per heavy atom. The van der Waals surface area contributed by atoms with Crippen LogP contribution in [0.25, 0.3) is 68.8 Å². The number of nitrogens with zero attached hydrogens (tertiary/aromatic N) is 4. The van der Waals surface area contributed by atoms with Crippen molar-refractivity contribution in [1.82, 2.24) is 56.6 Å². The van der Waals surface area contributed by atoms with Crippen LogP contribution in [0.5, 0.6) is 0 Å². The molecular weight excluding hydrogens is 1870 g/mol. The van der Waals surface area contributed by atoms with Crippen molar-refractivity contribution in [3.8, 4) is 44.5 Å². The van der Waals surface area contributed by atoms with Crippen LogP contribution in [0.3, 0.4) is 0 Å². The number of carbonyl (C=O) groups is 7. The van der Waals surface area contributed by atoms with Crippen molar-refractivity contribution >= 4 is 76.5 Å². The number of aromatic nitrogens is 4. The van der Waals surface area contributed by atoms with E-state index in [0.29, 0.717) is 74.3 Å². The minimum Gasteiger partial charge on any atom is -0.462 e. The van der Waals surface area contributed by atoms with E-state index in [1.165, 1.54) is 48.5 Å². The molecule has 12 fully saturated rings. The molecule has 28 atom stereocenters. The van der Waals surface area contributed by atoms with Crippen LogP contribution < -0.4 is 36.6 Å². The minimum absolute atomic E-state index is 0.000514. The fourth-order valence-electron chi connectivity index (χ4n) is 26.8. The number of hydrogen-bond acceptors (Lipinski definition) is 18. The lowest BCUT2D eigenvalue weighted by atomic mass is 9.57. The first-order valence-corrected chi connectivity index (χ1v) is 53.7. The molecule has 20 rings (SSSR count). The summed E-state index contributed by atoms with van der Waals surface area (Å²) in [4.78, 5) is 104. The lowest BCUT2D eigenvalue weighted by Gasteiger charge is -2.48. The van der Waals surface area contributed by atoms with Gasteiger partial charge in [-0.2, -0.15) is 0 Å². The molecule has 6 amide bonds. The number of nitrogens with one attached hydrogen (secondary N) is 7. The second kappa shape index (κ2) is 46.9. The first-order chi connectivity index (χ1) is 70.0. The Morgan fingerprint density at radius 2 is 0.717 bits per heavy atom. The number of alkyl carbamates (subject to hydrolysis) is 4. The summed E-state index contributed by atoms with van der Waals surface area (Å²) in [7, 11) is -3.39. The lowest BCUT2D eigenvalue weighted by Crippen LogP contribution is -2.50. The smallest absolute Gasteiger partial charge is 0.407 e. The van der Waals surface area contributed by atoms with Gasteiger partial charge in [0.2, 0.25) is 21.8 Å². The molecule has 12 aliphatic rings. The number of allylic oxidation sites excluding steroid dienone is 4. The number of fused-ring (bicyclic) bond motifs is 8. The lowest BCUT2D eigenvalue weighted by molar-refractivity contribution is -0.145. The summed E-state index contributed by atoms with van der Waals surface area (Å²) in [5, 5.41) is 18.0. The molecule has 8 heterocycles. The van der Waals surface area contributed by atoms with Gasteiger partial charge in [-0.15, -0.1) is 0 Å². The third-order valence-corrected chi connectivity index (χ3v) is 35.2. The zero-order valence-corrected chi connectivity index (χ0v) is 84.3. The molecule has 8 aromatic rings. The topological polar surface area (TPSA) is 336 Å². The third-order valence-electron chi connectivity index (χ3n) is 33.2. The molecular formula is C115H135F4N11O14S. The summed E-state index contributed by atoms with van der Waals surface area (Å²) in [5.41, 5.74) is 9.89. The van der Waals surface area contributed by atoms with E-state index >= 15 is 0 Å². The van der Waals surface area contributed by atoms with Crippen LogP contribution in [-0.2, 0) is 48.1 Å². The average Bonchev–Trinajstić information content (AvgIpc) is 1.59. The maximum Gasteiger partial charge on any atom is 0.407 e. The Balaban J connectivity index is 0.000000132. The Bertz CT molecular complexity index is 5810. The highest BCUT2D eigenvalue weighted by molar-refractivity contribution is 7.90. The van der Waals surface area contributed by atoms with Gasteiger partial charge in [-0.1, -0.05) is 111 Å². The van der Waals surface area contributed by atoms with Gasteiger partial charge in [-0.05, 0) is 352 Å². The molecule has 4 aliphatic heterocycles. The molecule has 25 nitrogen and oxygen atoms in total. The van der Waals surface area contributed by atoms with Gasteiger partial charge in [0.25, 0.3) is 0 Å². The van der Waals surface area contributed by atoms with Gasteiger partial charge in [-0.25, -0.2) is 49.9 Å². The van der Waals surface area contributed by atoms with Gasteiger partial charge in [0.15, 0.2) is 0 Å². The number of pyridine rings is 4. The van der Waals surface area contributed by atoms with E-state index in [1.807, 2.05) is 113 Å². The fraction of sp³-hybridized carbons (Fsp3) is 0.487. The molecule has 0 radical (unpaired) electrons. The first kappa shape index (κ1) is 104. The minimum atomic E-state index is -3.39. The van der Waals surface area contributed by atoms with Gasteiger partial charge in [-0.3, -0.25) is 34.3 Å². The quantitative estimate of drug-likeness (QED) is 0.0212. The number of hydrogen-bond donors (Lipinski definition) is 7. The molecule has 4 aromatic heterocycles. The van der Waals surface area contributed by atoms with Gasteiger partial charge < -0.3 is 55.6 Å². The largest absolute Gasteiger partial charge is 0.462 e. The molecule has 0 spiro atoms. The highest BCUT2D eigenvalue weighted by Crippen LogP contribution is 2.57. The Labute approximate surface area is 847 Å². The Kier molecular flexibility index (Phi) is 33.7. The molecule has 0 bridgehead atoms. The number of ether oxygens (including phenoxy) is 5. The van der Waals surface area contributed by atoms with Crippen molar-refractivity contribution < 1.29 is 83.2 Å². The van der Waals surface area contributed by atoms with Crippen molar-refractivity contribution in [3.63, 3.8) is 0 Å². The molecule has 768 valence electrons. The third kappa shape index (κ3) is 24.8. The van der Waals surface area contributed by atoms with Crippen LogP contribution in [0.4, 0.5) is 36.7 Å². The summed E-state index contributed by atoms with van der Waals surface area (Å²) in [5.74, 6) is 3.44. The van der Waals surface area contributed by atoms with Crippen LogP contribution in [0.15, 0.2) is 195 Å². The summed E-state index contributed by atoms with van der Waals surface area (Å²) in [6, 6.07) is 41.9. The summed E-state index contributed by atoms with van der Waals surface area (Å²) >= 11 is 0. The molecule has 7 N–H and O–H groups in total. The SMILES string of the molecule is CCOC(=O)N[C@@H]1CC[C@@H]2[C@@H](C1)C[C@@H]1[C@H]([C@H]2/C=C/c2ccc(-c3cccc(F)c3)cn2)[C@@H](C)NS1(=O)=O.CCOC(=O)N[C@@H]1CC[C@@H]2[C@@H](C1)C[C@H]1C(=O)N[C@H](C)[C@H]1[C@H]2/C=C/c1ccc(-c2cccc(F)c2)cn1.CCOC(=O)N[C@@H]1CC[C@@H]2[C@@H](C1)C[C@H]1NC(=O)[C@H](C)[C@H]1[C@H]2/C=C/c1ccc(-c2cccc(F)c2)cn1.CCOC(=O)N[C@@H]1CC[C@@H]2[C@@H](C1)C[C@H]1OC(=O)[C@H](C)[C@H]1[C@H]2/C=C/c1ccc(-c2cccc(F)c2)cn1. The molecule has 4 aromatic carbocycles. The van der Waals surface area contributed by atoms with E-state index in [2.05, 4.69) is 99.9 Å². The highest BCUT2D eigenvalue weighted by Gasteiger charge is 2.59. The van der Waals surface area contributed by atoms with Crippen molar-refractivity contribution in [3.05, 3.63) is 241 Å². The van der Waals surface area contributed by atoms with Crippen LogP contribution in [0.1, 0.15) is 181 Å². The van der Waals surface area contributed by atoms with Crippen LogP contribution in [0, 0.1) is 136 Å². The molecule has 8 aliphatic carbocycles. The van der Waals surface area contributed by atoms with Crippen LogP contribution in [0.2, 0.25) is 0 Å². The van der Waals surface area contributed by atoms with E-state index in [0.717, 1.165) is 164 Å². The van der Waals surface area contributed by atoms with Crippen LogP contribution in [-0.4, -0.2) is 151 Å². The number of rotatable bonds is 20. The second-order valence-electron chi connectivity index (χ2n) is 41.7. The molecule has 4 saturated heterocycles. The van der Waals surface area contributed by atoms with Gasteiger partial charge in [0, 0.05) is 107 Å². The van der Waals surface area contributed by atoms with Crippen molar-refractivity contribution in [2.75, 3.05) is 26.4 Å². The Morgan fingerprint density at radius 3 is 1.07 bits per heavy atom. The maximum absolute atomic E-state index is 13.6. The van der Waals surface area contributed by atoms with Gasteiger partial charge in [0.05, 0.1) is 60.4 Å². The maximum atomic E-state index is 13.6. The number of halogens is 4. The normalized spacial score (nSPS) is 31.7. The zero-order chi connectivity index (χ0) is 102. The summed E-state index contributed by atoms with van der Waals surface area (Å²) in [6.07, 6.45) is 36.7. The first-order valence-electron chi connectivity index (χ1n) is 52.2. The monoisotopic (exact) mass is 2000 g/mol. The number of carbonyl (C=O) groups excluding carboxylic acids is 7. The van der Waals surface area contributed by atoms with Crippen molar-refractivity contribution in [2.24, 2.45) is 112 Å². The second-order valence-corrected chi connectivity index (χ2v) is 43.6. The van der Waals surface area contributed by atoms with Crippen molar-refractivity contribution in [1.29, 1.82) is 0 Å². The van der Waals surface area contributed by atoms with E-state index in [9.17, 15) is 59.5 Å². The predicted molar refractivity (Wildman–Crippen MR) is 547 cm³/mol. The predicted octanol–water partition coefficient (Wildman–Crippen LogP) is 20.8. The van der Waals surface area contributed by atoms with Gasteiger partial charge >= 0.3 is 30.3 Å². The number of sulfonamides is 1. The number of esters is 1. The zero-order valence-electron chi connectivity index (χ0n) is 83.5. The number of benzene rings is 4. The molecule has 30 heteroatoms. The average molecular weight is 2000 g/mol. The number of amides is 6. The van der Waals surface area contributed by atoms with E-state index < -0.39 is 21.4 Å². The highest BCUT2D eigenvalue weighted by atomic mass is 32.2. The fourth-order valence-corrected chi connectivity index (χ4v) is 29.0. The van der Waals surface area contributed by atoms with E-state index in [4.69, 9.17) is 23.7 Å². The van der Waals surface area contributed by atoms with Gasteiger partial charge in [0.1, 0.15) is 29.4 Å². The standard InChI is InChI=1S/2C29H34FN3O3.C29H33FN2O4.C28H34FN3O4S/c1-3-36-29(35)33-23-10-11-24-20(14-23)15-26-27(17(2)32-28(26)34)25(24)12-9-22-8-7-19(16-31-22)18-5-4-6-21(30)13-18;1-3-36-29(35)32-23-10-11-24-20(14-23)15-26-27(17(2)28(34)33-26)25(24)12-9-22-8-7-19(16-31-22)18-5-4-6-21(30)13-18;1-3-35-29(34)32-23-10-11-24-20(14-23)15-26-27(17(2)28(33)36-26)25(24)12-9-22-8-7-19(16-31-22)18-5-4-6-21(30)13-18;1-3-36-28(33)31-23-10-11-24-20(14-23)15-26-27(17(2)32-37(26,34)35)25(24)12-9-22-8-7-19(16-30-22)18-5-4-6-21(29)13-18/h4-9,12-13,16-17,20,23-27H,3,10-11,14-15H2,1-2H3,(H,32,34)(H,33,35);4-9,12-13,16-17,20,23-27H,3,10-11,14-15H2,1-2H3,(H,32,35)(H,33,34);4-9,12-13,16-17,20,23-27H,3,10-11,14-15H2,1-2H3,(H,32,34);4-9,12-13,16-17,20,23-27,32H,3,10-11,14-15H2,1-2H3,(H,31,33)/b4*12-9+/t4*17-,20+,23-,24-,25+,26-,27+/m1111/s1. The Hall–Kier alpha value is -12.4.